The van der Waals surface area contributed by atoms with E-state index in [4.69, 9.17) is 20.8 Å². The van der Waals surface area contributed by atoms with Gasteiger partial charge in [0, 0.05) is 11.6 Å². The van der Waals surface area contributed by atoms with E-state index >= 15 is 0 Å². The van der Waals surface area contributed by atoms with Crippen LogP contribution in [0.25, 0.3) is 0 Å². The summed E-state index contributed by atoms with van der Waals surface area (Å²) >= 11 is 5.91. The van der Waals surface area contributed by atoms with E-state index in [1.54, 1.807) is 6.26 Å². The molecule has 1 aliphatic rings. The maximum atomic E-state index is 5.91. The molecule has 0 spiro atoms. The number of furan rings is 1. The van der Waals surface area contributed by atoms with E-state index in [0.29, 0.717) is 19.7 Å². The van der Waals surface area contributed by atoms with Crippen molar-refractivity contribution in [3.8, 4) is 0 Å². The fourth-order valence-electron chi connectivity index (χ4n) is 2.82. The van der Waals surface area contributed by atoms with Gasteiger partial charge in [0.1, 0.15) is 11.5 Å². The minimum atomic E-state index is -0.186. The van der Waals surface area contributed by atoms with Crippen LogP contribution in [-0.4, -0.2) is 33.0 Å². The monoisotopic (exact) mass is 344 g/mol. The number of aromatic nitrogens is 3. The van der Waals surface area contributed by atoms with E-state index in [0.717, 1.165) is 28.6 Å². The average Bonchev–Trinajstić information content (AvgIpc) is 3.32. The molecule has 0 unspecified atom stereocenters. The van der Waals surface area contributed by atoms with Gasteiger partial charge in [-0.15, -0.1) is 5.10 Å². The Bertz CT molecular complexity index is 785. The number of ether oxygens (including phenoxy) is 1. The van der Waals surface area contributed by atoms with Crippen molar-refractivity contribution in [3.05, 3.63) is 70.9 Å². The molecule has 3 heterocycles. The molecule has 0 bridgehead atoms. The highest BCUT2D eigenvalue weighted by Crippen LogP contribution is 2.27. The van der Waals surface area contributed by atoms with E-state index in [2.05, 4.69) is 15.2 Å². The van der Waals surface area contributed by atoms with Crippen LogP contribution in [0.4, 0.5) is 0 Å². The molecule has 0 saturated carbocycles. The van der Waals surface area contributed by atoms with E-state index in [1.165, 1.54) is 0 Å². The zero-order chi connectivity index (χ0) is 16.4. The Morgan fingerprint density at radius 3 is 2.83 bits per heavy atom. The van der Waals surface area contributed by atoms with Gasteiger partial charge in [-0.05, 0) is 29.8 Å². The second-order valence-corrected chi connectivity index (χ2v) is 6.18. The third-order valence-electron chi connectivity index (χ3n) is 3.99. The summed E-state index contributed by atoms with van der Waals surface area (Å²) in [5, 5.41) is 9.22. The number of hydrogen-bond acceptors (Lipinski definition) is 5. The van der Waals surface area contributed by atoms with Crippen molar-refractivity contribution in [3.63, 3.8) is 0 Å². The van der Waals surface area contributed by atoms with Crippen LogP contribution in [0, 0.1) is 0 Å². The van der Waals surface area contributed by atoms with E-state index in [-0.39, 0.29) is 6.23 Å². The second kappa shape index (κ2) is 6.76. The molecule has 0 aliphatic carbocycles. The van der Waals surface area contributed by atoms with Gasteiger partial charge in [0.15, 0.2) is 6.23 Å². The minimum Gasteiger partial charge on any atom is -0.468 e. The number of rotatable bonds is 5. The predicted molar refractivity (Wildman–Crippen MR) is 88.4 cm³/mol. The van der Waals surface area contributed by atoms with Crippen LogP contribution in [0.3, 0.4) is 0 Å². The van der Waals surface area contributed by atoms with Crippen molar-refractivity contribution in [2.24, 2.45) is 0 Å². The lowest BCUT2D eigenvalue weighted by molar-refractivity contribution is 0.0223. The normalized spacial score (nSPS) is 18.3. The number of nitrogens with zero attached hydrogens (tertiary/aromatic N) is 4. The summed E-state index contributed by atoms with van der Waals surface area (Å²) in [5.74, 6) is 0.916. The molecule has 124 valence electrons. The van der Waals surface area contributed by atoms with Crippen molar-refractivity contribution in [1.82, 2.24) is 19.9 Å². The fraction of sp³-hybridized carbons (Fsp3) is 0.294. The molecule has 6 nitrogen and oxygen atoms in total. The highest BCUT2D eigenvalue weighted by molar-refractivity contribution is 6.30. The Hall–Kier alpha value is -2.15. The first-order valence-corrected chi connectivity index (χ1v) is 8.18. The van der Waals surface area contributed by atoms with Crippen molar-refractivity contribution in [2.45, 2.75) is 19.3 Å². The van der Waals surface area contributed by atoms with Gasteiger partial charge in [0.2, 0.25) is 0 Å². The molecule has 2 aromatic heterocycles. The Morgan fingerprint density at radius 1 is 1.17 bits per heavy atom. The molecule has 24 heavy (non-hydrogen) atoms. The van der Waals surface area contributed by atoms with E-state index < -0.39 is 0 Å². The van der Waals surface area contributed by atoms with E-state index in [1.807, 2.05) is 47.3 Å². The molecule has 3 aromatic rings. The Labute approximate surface area is 144 Å². The van der Waals surface area contributed by atoms with Crippen LogP contribution in [-0.2, 0) is 17.8 Å². The van der Waals surface area contributed by atoms with Gasteiger partial charge in [-0.3, -0.25) is 4.90 Å². The Kier molecular flexibility index (Phi) is 4.34. The standard InChI is InChI=1S/C17H17ClN4O2/c18-14-5-3-13(4-6-14)10-22-12-16(19-20-22)17-21(7-9-24-17)11-15-2-1-8-23-15/h1-6,8,12,17H,7,9-11H2/t17-/m1/s1. The summed E-state index contributed by atoms with van der Waals surface area (Å²) in [4.78, 5) is 2.19. The number of benzene rings is 1. The molecule has 0 radical (unpaired) electrons. The van der Waals surface area contributed by atoms with Crippen LogP contribution in [0.15, 0.2) is 53.3 Å². The average molecular weight is 345 g/mol. The largest absolute Gasteiger partial charge is 0.468 e. The molecule has 1 aliphatic heterocycles. The SMILES string of the molecule is Clc1ccc(Cn2cc([C@H]3OCCN3Cc3ccco3)nn2)cc1. The molecule has 7 heteroatoms. The van der Waals surface area contributed by atoms with Gasteiger partial charge in [-0.1, -0.05) is 28.9 Å². The maximum Gasteiger partial charge on any atom is 0.157 e. The molecule has 1 aromatic carbocycles. The molecule has 0 amide bonds. The molecular weight excluding hydrogens is 328 g/mol. The molecule has 1 atom stereocenters. The summed E-state index contributed by atoms with van der Waals surface area (Å²) in [6.45, 7) is 2.86. The lowest BCUT2D eigenvalue weighted by atomic mass is 10.2. The van der Waals surface area contributed by atoms with Gasteiger partial charge >= 0.3 is 0 Å². The molecule has 4 rings (SSSR count). The Balaban J connectivity index is 1.46. The quantitative estimate of drug-likeness (QED) is 0.712. The summed E-state index contributed by atoms with van der Waals surface area (Å²) in [6, 6.07) is 11.6. The molecule has 0 N–H and O–H groups in total. The first kappa shape index (κ1) is 15.4. The van der Waals surface area contributed by atoms with Gasteiger partial charge < -0.3 is 9.15 Å². The highest BCUT2D eigenvalue weighted by Gasteiger charge is 2.29. The summed E-state index contributed by atoms with van der Waals surface area (Å²) in [6.07, 6.45) is 3.43. The van der Waals surface area contributed by atoms with E-state index in [9.17, 15) is 0 Å². The highest BCUT2D eigenvalue weighted by atomic mass is 35.5. The van der Waals surface area contributed by atoms with Crippen LogP contribution in [0.5, 0.6) is 0 Å². The summed E-state index contributed by atoms with van der Waals surface area (Å²) in [5.41, 5.74) is 1.93. The summed E-state index contributed by atoms with van der Waals surface area (Å²) < 4.78 is 13.1. The van der Waals surface area contributed by atoms with Crippen LogP contribution >= 0.6 is 11.6 Å². The minimum absolute atomic E-state index is 0.186. The lowest BCUT2D eigenvalue weighted by Gasteiger charge is -2.19. The van der Waals surface area contributed by atoms with Crippen molar-refractivity contribution in [1.29, 1.82) is 0 Å². The zero-order valence-electron chi connectivity index (χ0n) is 13.0. The smallest absolute Gasteiger partial charge is 0.157 e. The van der Waals surface area contributed by atoms with Gasteiger partial charge in [0.05, 0.1) is 32.2 Å². The first-order valence-electron chi connectivity index (χ1n) is 7.80. The van der Waals surface area contributed by atoms with Crippen LogP contribution in [0.1, 0.15) is 23.2 Å². The van der Waals surface area contributed by atoms with Crippen molar-refractivity contribution < 1.29 is 9.15 Å². The third kappa shape index (κ3) is 3.36. The summed E-state index contributed by atoms with van der Waals surface area (Å²) in [7, 11) is 0. The molecule has 1 fully saturated rings. The first-order chi connectivity index (χ1) is 11.8. The predicted octanol–water partition coefficient (Wildman–Crippen LogP) is 3.10. The topological polar surface area (TPSA) is 56.3 Å². The van der Waals surface area contributed by atoms with Crippen LogP contribution < -0.4 is 0 Å². The number of halogens is 1. The lowest BCUT2D eigenvalue weighted by Crippen LogP contribution is -2.23. The fourth-order valence-corrected chi connectivity index (χ4v) is 2.95. The van der Waals surface area contributed by atoms with Crippen LogP contribution in [0.2, 0.25) is 5.02 Å². The molecular formula is C17H17ClN4O2. The van der Waals surface area contributed by atoms with Gasteiger partial charge in [-0.2, -0.15) is 0 Å². The number of hydrogen-bond donors (Lipinski definition) is 0. The third-order valence-corrected chi connectivity index (χ3v) is 4.24. The van der Waals surface area contributed by atoms with Crippen molar-refractivity contribution >= 4 is 11.6 Å². The second-order valence-electron chi connectivity index (χ2n) is 5.74. The Morgan fingerprint density at radius 2 is 2.04 bits per heavy atom. The van der Waals surface area contributed by atoms with Crippen molar-refractivity contribution in [2.75, 3.05) is 13.2 Å². The zero-order valence-corrected chi connectivity index (χ0v) is 13.8. The maximum absolute atomic E-state index is 5.91. The van der Waals surface area contributed by atoms with Gasteiger partial charge in [0.25, 0.3) is 0 Å². The van der Waals surface area contributed by atoms with Gasteiger partial charge in [-0.25, -0.2) is 4.68 Å². The molecule has 1 saturated heterocycles.